The third-order valence-electron chi connectivity index (χ3n) is 3.23. The number of nitrogens with two attached hydrogens (primary N) is 1. The zero-order chi connectivity index (χ0) is 18.0. The molecule has 0 unspecified atom stereocenters. The first kappa shape index (κ1) is 19.1. The van der Waals surface area contributed by atoms with Crippen LogP contribution in [0.2, 0.25) is 0 Å². The van der Waals surface area contributed by atoms with Crippen LogP contribution < -0.4 is 11.4 Å². The molecular weight excluding hydrogens is 501 g/mol. The molecule has 9 nitrogen and oxygen atoms in total. The molecule has 0 bridgehead atoms. The van der Waals surface area contributed by atoms with Crippen LogP contribution in [-0.4, -0.2) is 45.1 Å². The summed E-state index contributed by atoms with van der Waals surface area (Å²) < 4.78 is 17.8. The topological polar surface area (TPSA) is 123 Å². The molecule has 1 aliphatic rings. The van der Waals surface area contributed by atoms with Gasteiger partial charge in [-0.15, -0.1) is 0 Å². The highest BCUT2D eigenvalue weighted by Crippen LogP contribution is 2.36. The summed E-state index contributed by atoms with van der Waals surface area (Å²) in [4.78, 5) is 37.6. The fourth-order valence-electron chi connectivity index (χ4n) is 2.22. The average molecular weight is 516 g/mol. The molecule has 0 radical (unpaired) electrons. The Bertz CT molecular complexity index is 711. The van der Waals surface area contributed by atoms with Gasteiger partial charge in [0.15, 0.2) is 6.23 Å². The lowest BCUT2D eigenvalue weighted by Crippen LogP contribution is -2.36. The fourth-order valence-corrected chi connectivity index (χ4v) is 3.47. The van der Waals surface area contributed by atoms with E-state index in [-0.39, 0.29) is 12.4 Å². The number of carbonyl (C=O) groups excluding carboxylic acids is 2. The van der Waals surface area contributed by atoms with Gasteiger partial charge in [-0.25, -0.2) is 4.79 Å². The van der Waals surface area contributed by atoms with E-state index in [9.17, 15) is 14.4 Å². The minimum absolute atomic E-state index is 0.111. The van der Waals surface area contributed by atoms with Gasteiger partial charge in [0.05, 0.1) is 8.40 Å². The Balaban J connectivity index is 2.31. The monoisotopic (exact) mass is 515 g/mol. The molecule has 1 saturated heterocycles. The number of aromatic nitrogens is 2. The number of hydrogen-bond acceptors (Lipinski definition) is 8. The minimum atomic E-state index is -0.802. The number of nitrogens with zero attached hydrogens (tertiary/aromatic N) is 2. The summed E-state index contributed by atoms with van der Waals surface area (Å²) in [5.74, 6) is -0.886. The third kappa shape index (κ3) is 4.25. The van der Waals surface area contributed by atoms with E-state index < -0.39 is 40.9 Å². The van der Waals surface area contributed by atoms with Crippen LogP contribution in [0.4, 0.5) is 5.82 Å². The lowest BCUT2D eigenvalue weighted by atomic mass is 10.2. The lowest BCUT2D eigenvalue weighted by Gasteiger charge is -2.19. The molecule has 2 rings (SSSR count). The van der Waals surface area contributed by atoms with Crippen molar-refractivity contribution in [3.05, 3.63) is 20.3 Å². The molecule has 24 heavy (non-hydrogen) atoms. The maximum absolute atomic E-state index is 12.1. The molecule has 1 aromatic heterocycles. The van der Waals surface area contributed by atoms with E-state index in [1.807, 2.05) is 22.6 Å². The molecule has 0 aromatic carbocycles. The molecule has 132 valence electrons. The summed E-state index contributed by atoms with van der Waals surface area (Å²) in [6.07, 6.45) is -0.768. The highest BCUT2D eigenvalue weighted by atomic mass is 127. The van der Waals surface area contributed by atoms with E-state index in [1.165, 1.54) is 24.6 Å². The number of ether oxygens (including phenoxy) is 3. The predicted octanol–water partition coefficient (Wildman–Crippen LogP) is 0.586. The van der Waals surface area contributed by atoms with Crippen molar-refractivity contribution in [2.75, 3.05) is 12.3 Å². The molecule has 1 aliphatic heterocycles. The van der Waals surface area contributed by atoms with E-state index in [0.717, 1.165) is 0 Å². The maximum atomic E-state index is 12.1. The van der Waals surface area contributed by atoms with Gasteiger partial charge < -0.3 is 19.9 Å². The summed E-state index contributed by atoms with van der Waals surface area (Å²) in [6, 6.07) is 0. The molecule has 1 aromatic rings. The van der Waals surface area contributed by atoms with Crippen LogP contribution in [0.15, 0.2) is 11.0 Å². The molecule has 0 aliphatic carbocycles. The van der Waals surface area contributed by atoms with Crippen LogP contribution in [0.5, 0.6) is 0 Å². The summed E-state index contributed by atoms with van der Waals surface area (Å²) in [7, 11) is 0. The fraction of sp³-hybridized carbons (Fsp3) is 0.538. The van der Waals surface area contributed by atoms with Crippen LogP contribution in [0, 0.1) is 3.57 Å². The van der Waals surface area contributed by atoms with Crippen molar-refractivity contribution >= 4 is 56.3 Å². The van der Waals surface area contributed by atoms with Gasteiger partial charge in [-0.05, 0) is 22.6 Å². The van der Waals surface area contributed by atoms with E-state index in [2.05, 4.69) is 20.9 Å². The second kappa shape index (κ2) is 7.78. The Hall–Kier alpha value is -1.21. The van der Waals surface area contributed by atoms with Gasteiger partial charge in [0, 0.05) is 20.0 Å². The van der Waals surface area contributed by atoms with Crippen LogP contribution in [-0.2, 0) is 23.8 Å². The summed E-state index contributed by atoms with van der Waals surface area (Å²) in [5, 5.41) is 0. The largest absolute Gasteiger partial charge is 0.463 e. The number of halogens is 2. The molecule has 4 atom stereocenters. The number of hydrogen-bond donors (Lipinski definition) is 1. The Labute approximate surface area is 159 Å². The molecule has 1 fully saturated rings. The number of alkyl halides is 1. The van der Waals surface area contributed by atoms with Crippen molar-refractivity contribution in [2.24, 2.45) is 0 Å². The van der Waals surface area contributed by atoms with Crippen LogP contribution in [0.3, 0.4) is 0 Å². The van der Waals surface area contributed by atoms with Crippen LogP contribution in [0.1, 0.15) is 20.1 Å². The van der Waals surface area contributed by atoms with Gasteiger partial charge in [-0.1, -0.05) is 15.9 Å². The number of carbonyl (C=O) groups is 2. The molecule has 0 saturated carbocycles. The number of esters is 2. The standard InChI is InChI=1S/C13H15BrIN3O6/c1-5(19)22-4-8-10(23-6(2)20)9(14)12(24-8)18-3-7(15)11(16)17-13(18)21/h3,8-10,12H,4H2,1-2H3,(H2,16,17,21)/t8-,9+,10-,12-/m1/s1. The van der Waals surface area contributed by atoms with Crippen molar-refractivity contribution in [2.45, 2.75) is 37.1 Å². The molecular formula is C13H15BrIN3O6. The smallest absolute Gasteiger partial charge is 0.351 e. The quantitative estimate of drug-likeness (QED) is 0.351. The van der Waals surface area contributed by atoms with Gasteiger partial charge in [-0.2, -0.15) is 4.98 Å². The van der Waals surface area contributed by atoms with Gasteiger partial charge in [0.1, 0.15) is 24.6 Å². The summed E-state index contributed by atoms with van der Waals surface area (Å²) >= 11 is 5.34. The van der Waals surface area contributed by atoms with E-state index in [4.69, 9.17) is 19.9 Å². The van der Waals surface area contributed by atoms with Crippen molar-refractivity contribution in [1.82, 2.24) is 9.55 Å². The van der Waals surface area contributed by atoms with Crippen molar-refractivity contribution in [3.8, 4) is 0 Å². The average Bonchev–Trinajstić information content (AvgIpc) is 2.77. The first-order valence-corrected chi connectivity index (χ1v) is 8.84. The first-order valence-electron chi connectivity index (χ1n) is 6.85. The Kier molecular flexibility index (Phi) is 6.20. The molecule has 0 spiro atoms. The van der Waals surface area contributed by atoms with Gasteiger partial charge in [-0.3, -0.25) is 14.2 Å². The van der Waals surface area contributed by atoms with Gasteiger partial charge in [0.2, 0.25) is 0 Å². The Morgan fingerprint density at radius 2 is 2.12 bits per heavy atom. The second-order valence-corrected chi connectivity index (χ2v) is 7.27. The molecule has 0 amide bonds. The zero-order valence-corrected chi connectivity index (χ0v) is 16.5. The SMILES string of the molecule is CC(=O)OC[C@H]1O[C@@H](n2cc(I)c(N)nc2=O)[C@@H](Br)[C@@H]1OC(C)=O. The summed E-state index contributed by atoms with van der Waals surface area (Å²) in [6.45, 7) is 2.41. The second-order valence-electron chi connectivity index (χ2n) is 5.05. The van der Waals surface area contributed by atoms with Gasteiger partial charge in [0.25, 0.3) is 0 Å². The summed E-state index contributed by atoms with van der Waals surface area (Å²) in [5.41, 5.74) is 5.01. The number of nitrogen functional groups attached to an aromatic ring is 1. The first-order chi connectivity index (χ1) is 11.2. The zero-order valence-electron chi connectivity index (χ0n) is 12.8. The van der Waals surface area contributed by atoms with E-state index >= 15 is 0 Å². The van der Waals surface area contributed by atoms with Gasteiger partial charge >= 0.3 is 17.6 Å². The molecule has 11 heteroatoms. The Morgan fingerprint density at radius 1 is 1.46 bits per heavy atom. The number of rotatable bonds is 4. The molecule has 2 heterocycles. The van der Waals surface area contributed by atoms with Crippen molar-refractivity contribution < 1.29 is 23.8 Å². The lowest BCUT2D eigenvalue weighted by molar-refractivity contribution is -0.155. The Morgan fingerprint density at radius 3 is 2.71 bits per heavy atom. The predicted molar refractivity (Wildman–Crippen MR) is 94.4 cm³/mol. The van der Waals surface area contributed by atoms with Crippen LogP contribution >= 0.6 is 38.5 Å². The number of anilines is 1. The van der Waals surface area contributed by atoms with E-state index in [0.29, 0.717) is 3.57 Å². The highest BCUT2D eigenvalue weighted by molar-refractivity contribution is 14.1. The molecule has 2 N–H and O–H groups in total. The van der Waals surface area contributed by atoms with Crippen LogP contribution in [0.25, 0.3) is 0 Å². The van der Waals surface area contributed by atoms with Crippen molar-refractivity contribution in [3.63, 3.8) is 0 Å². The third-order valence-corrected chi connectivity index (χ3v) is 5.03. The minimum Gasteiger partial charge on any atom is -0.463 e. The van der Waals surface area contributed by atoms with E-state index in [1.54, 1.807) is 0 Å². The normalized spacial score (nSPS) is 26.2. The highest BCUT2D eigenvalue weighted by Gasteiger charge is 2.47. The maximum Gasteiger partial charge on any atom is 0.351 e. The van der Waals surface area contributed by atoms with Crippen molar-refractivity contribution in [1.29, 1.82) is 0 Å².